The van der Waals surface area contributed by atoms with Gasteiger partial charge >= 0.3 is 0 Å². The summed E-state index contributed by atoms with van der Waals surface area (Å²) < 4.78 is 5.35. The molecular formula is C10H11Cl2NO3. The average Bonchev–Trinajstić information content (AvgIpc) is 2.30. The molecule has 0 fully saturated rings. The van der Waals surface area contributed by atoms with Crippen molar-refractivity contribution in [3.63, 3.8) is 0 Å². The van der Waals surface area contributed by atoms with Crippen molar-refractivity contribution in [2.45, 2.75) is 12.7 Å². The third-order valence-electron chi connectivity index (χ3n) is 2.01. The minimum Gasteiger partial charge on any atom is -0.371 e. The van der Waals surface area contributed by atoms with E-state index in [0.29, 0.717) is 5.56 Å². The van der Waals surface area contributed by atoms with Gasteiger partial charge in [0.2, 0.25) is 0 Å². The zero-order valence-electron chi connectivity index (χ0n) is 8.44. The molecule has 1 aromatic rings. The van der Waals surface area contributed by atoms with E-state index in [1.54, 1.807) is 18.2 Å². The average molecular weight is 264 g/mol. The lowest BCUT2D eigenvalue weighted by Crippen LogP contribution is -2.16. The molecule has 0 aliphatic heterocycles. The predicted octanol–water partition coefficient (Wildman–Crippen LogP) is 2.96. The lowest BCUT2D eigenvalue weighted by molar-refractivity contribution is -0.386. The standard InChI is InChI=1S/C10H11Cl2NO3/c11-5-9(6-12)16-7-8-3-1-2-4-10(8)13(14)15/h1-4,9H,5-7H2. The second kappa shape index (κ2) is 6.68. The van der Waals surface area contributed by atoms with Crippen LogP contribution in [0.1, 0.15) is 5.56 Å². The van der Waals surface area contributed by atoms with Crippen molar-refractivity contribution in [1.82, 2.24) is 0 Å². The van der Waals surface area contributed by atoms with Crippen LogP contribution in [0, 0.1) is 10.1 Å². The number of benzene rings is 1. The van der Waals surface area contributed by atoms with E-state index < -0.39 is 4.92 Å². The van der Waals surface area contributed by atoms with Crippen molar-refractivity contribution in [3.05, 3.63) is 39.9 Å². The van der Waals surface area contributed by atoms with Crippen molar-refractivity contribution < 1.29 is 9.66 Å². The van der Waals surface area contributed by atoms with Gasteiger partial charge in [0.05, 0.1) is 23.2 Å². The lowest BCUT2D eigenvalue weighted by Gasteiger charge is -2.11. The highest BCUT2D eigenvalue weighted by molar-refractivity contribution is 6.21. The molecule has 0 aliphatic carbocycles. The van der Waals surface area contributed by atoms with E-state index in [2.05, 4.69) is 0 Å². The summed E-state index contributed by atoms with van der Waals surface area (Å²) in [6, 6.07) is 6.43. The fourth-order valence-electron chi connectivity index (χ4n) is 1.15. The van der Waals surface area contributed by atoms with Gasteiger partial charge in [-0.1, -0.05) is 12.1 Å². The maximum Gasteiger partial charge on any atom is 0.274 e. The van der Waals surface area contributed by atoms with Crippen LogP contribution in [0.25, 0.3) is 0 Å². The van der Waals surface area contributed by atoms with Crippen molar-refractivity contribution >= 4 is 28.9 Å². The van der Waals surface area contributed by atoms with Crippen molar-refractivity contribution in [3.8, 4) is 0 Å². The first-order chi connectivity index (χ1) is 7.69. The monoisotopic (exact) mass is 263 g/mol. The quantitative estimate of drug-likeness (QED) is 0.451. The Hall–Kier alpha value is -0.840. The third-order valence-corrected chi connectivity index (χ3v) is 2.70. The van der Waals surface area contributed by atoms with Crippen LogP contribution in [-0.2, 0) is 11.3 Å². The number of halogens is 2. The van der Waals surface area contributed by atoms with Crippen molar-refractivity contribution in [2.75, 3.05) is 11.8 Å². The molecule has 0 bridgehead atoms. The lowest BCUT2D eigenvalue weighted by atomic mass is 10.2. The zero-order chi connectivity index (χ0) is 12.0. The van der Waals surface area contributed by atoms with Gasteiger partial charge < -0.3 is 4.74 Å². The van der Waals surface area contributed by atoms with Gasteiger partial charge in [-0.05, 0) is 6.07 Å². The Morgan fingerprint density at radius 1 is 1.31 bits per heavy atom. The van der Waals surface area contributed by atoms with Gasteiger partial charge in [0.15, 0.2) is 0 Å². The van der Waals surface area contributed by atoms with Crippen LogP contribution >= 0.6 is 23.2 Å². The van der Waals surface area contributed by atoms with Gasteiger partial charge in [-0.25, -0.2) is 0 Å². The first kappa shape index (κ1) is 13.2. The number of alkyl halides is 2. The number of nitro benzene ring substituents is 1. The fraction of sp³-hybridized carbons (Fsp3) is 0.400. The molecule has 0 radical (unpaired) electrons. The minimum absolute atomic E-state index is 0.0467. The Morgan fingerprint density at radius 3 is 2.50 bits per heavy atom. The van der Waals surface area contributed by atoms with Gasteiger partial charge in [-0.3, -0.25) is 10.1 Å². The normalized spacial score (nSPS) is 10.7. The van der Waals surface area contributed by atoms with Crippen molar-refractivity contribution in [2.24, 2.45) is 0 Å². The smallest absolute Gasteiger partial charge is 0.274 e. The van der Waals surface area contributed by atoms with Crippen LogP contribution in [0.3, 0.4) is 0 Å². The largest absolute Gasteiger partial charge is 0.371 e. The number of nitrogens with zero attached hydrogens (tertiary/aromatic N) is 1. The van der Waals surface area contributed by atoms with Gasteiger partial charge in [-0.2, -0.15) is 0 Å². The maximum absolute atomic E-state index is 10.7. The van der Waals surface area contributed by atoms with Crippen LogP contribution in [-0.4, -0.2) is 22.8 Å². The molecule has 0 heterocycles. The Balaban J connectivity index is 2.69. The number of para-hydroxylation sites is 1. The van der Waals surface area contributed by atoms with E-state index in [-0.39, 0.29) is 30.2 Å². The van der Waals surface area contributed by atoms with Crippen molar-refractivity contribution in [1.29, 1.82) is 0 Å². The summed E-state index contributed by atoms with van der Waals surface area (Å²) in [6.07, 6.45) is -0.289. The summed E-state index contributed by atoms with van der Waals surface area (Å²) >= 11 is 11.2. The highest BCUT2D eigenvalue weighted by Crippen LogP contribution is 2.19. The van der Waals surface area contributed by atoms with E-state index in [1.165, 1.54) is 6.07 Å². The molecule has 0 aliphatic rings. The van der Waals surface area contributed by atoms with Gasteiger partial charge in [0, 0.05) is 17.8 Å². The molecule has 4 nitrogen and oxygen atoms in total. The molecule has 88 valence electrons. The Labute approximate surface area is 103 Å². The Bertz CT molecular complexity index is 356. The SMILES string of the molecule is O=[N+]([O-])c1ccccc1COC(CCl)CCl. The fourth-order valence-corrected chi connectivity index (χ4v) is 1.66. The predicted molar refractivity (Wildman–Crippen MR) is 63.1 cm³/mol. The van der Waals surface area contributed by atoms with Crippen LogP contribution in [0.15, 0.2) is 24.3 Å². The zero-order valence-corrected chi connectivity index (χ0v) is 9.95. The van der Waals surface area contributed by atoms with E-state index in [1.807, 2.05) is 0 Å². The molecule has 0 spiro atoms. The minimum atomic E-state index is -0.435. The molecule has 0 aromatic heterocycles. The molecule has 6 heteroatoms. The third kappa shape index (κ3) is 3.63. The molecule has 0 saturated heterocycles. The molecule has 0 unspecified atom stereocenters. The second-order valence-electron chi connectivity index (χ2n) is 3.13. The molecule has 0 N–H and O–H groups in total. The van der Waals surface area contributed by atoms with E-state index in [4.69, 9.17) is 27.9 Å². The van der Waals surface area contributed by atoms with Crippen LogP contribution in [0.5, 0.6) is 0 Å². The summed E-state index contributed by atoms with van der Waals surface area (Å²) in [5.41, 5.74) is 0.568. The first-order valence-corrected chi connectivity index (χ1v) is 5.71. The summed E-state index contributed by atoms with van der Waals surface area (Å²) in [6.45, 7) is 0.140. The van der Waals surface area contributed by atoms with Gasteiger partial charge in [0.25, 0.3) is 5.69 Å². The number of ether oxygens (including phenoxy) is 1. The van der Waals surface area contributed by atoms with E-state index in [0.717, 1.165) is 0 Å². The number of hydrogen-bond acceptors (Lipinski definition) is 3. The molecule has 1 rings (SSSR count). The van der Waals surface area contributed by atoms with Crippen LogP contribution in [0.2, 0.25) is 0 Å². The van der Waals surface area contributed by atoms with E-state index in [9.17, 15) is 10.1 Å². The summed E-state index contributed by atoms with van der Waals surface area (Å²) in [5.74, 6) is 0.536. The first-order valence-electron chi connectivity index (χ1n) is 4.65. The summed E-state index contributed by atoms with van der Waals surface area (Å²) in [4.78, 5) is 10.3. The molecule has 0 amide bonds. The maximum atomic E-state index is 10.7. The topological polar surface area (TPSA) is 52.4 Å². The Morgan fingerprint density at radius 2 is 1.94 bits per heavy atom. The van der Waals surface area contributed by atoms with Crippen LogP contribution < -0.4 is 0 Å². The molecule has 0 saturated carbocycles. The highest BCUT2D eigenvalue weighted by Gasteiger charge is 2.14. The number of rotatable bonds is 6. The van der Waals surface area contributed by atoms with E-state index >= 15 is 0 Å². The van der Waals surface area contributed by atoms with Crippen LogP contribution in [0.4, 0.5) is 5.69 Å². The number of hydrogen-bond donors (Lipinski definition) is 0. The Kier molecular flexibility index (Phi) is 5.52. The molecule has 16 heavy (non-hydrogen) atoms. The summed E-state index contributed by atoms with van der Waals surface area (Å²) in [5, 5.41) is 10.7. The molecule has 0 atom stereocenters. The molecular weight excluding hydrogens is 253 g/mol. The summed E-state index contributed by atoms with van der Waals surface area (Å²) in [7, 11) is 0. The number of nitro groups is 1. The van der Waals surface area contributed by atoms with Gasteiger partial charge in [-0.15, -0.1) is 23.2 Å². The van der Waals surface area contributed by atoms with Gasteiger partial charge in [0.1, 0.15) is 0 Å². The molecule has 1 aromatic carbocycles. The second-order valence-corrected chi connectivity index (χ2v) is 3.74. The highest BCUT2D eigenvalue weighted by atomic mass is 35.5.